The summed E-state index contributed by atoms with van der Waals surface area (Å²) in [5.41, 5.74) is -0.931. The number of aliphatic hydroxyl groups is 9. The van der Waals surface area contributed by atoms with Crippen molar-refractivity contribution in [2.24, 2.45) is 11.8 Å². The summed E-state index contributed by atoms with van der Waals surface area (Å²) in [6.45, 7) is 1.09. The summed E-state index contributed by atoms with van der Waals surface area (Å²) in [7, 11) is 0. The number of benzene rings is 2. The number of hydrogen-bond donors (Lipinski definition) is 13. The molecule has 5 aliphatic rings. The summed E-state index contributed by atoms with van der Waals surface area (Å²) in [6, 6.07) is 7.70. The first-order valence-electron chi connectivity index (χ1n) is 22.1. The third-order valence-corrected chi connectivity index (χ3v) is 13.0. The van der Waals surface area contributed by atoms with Crippen LogP contribution in [0.5, 0.6) is 23.0 Å². The first-order chi connectivity index (χ1) is 32.7. The Hall–Kier alpha value is -4.74. The van der Waals surface area contributed by atoms with Crippen LogP contribution < -0.4 is 0 Å². The molecule has 2 aromatic carbocycles. The summed E-state index contributed by atoms with van der Waals surface area (Å²) in [5, 5.41) is 136. The van der Waals surface area contributed by atoms with Crippen LogP contribution in [-0.4, -0.2) is 202 Å². The lowest BCUT2D eigenvalue weighted by molar-refractivity contribution is -0.357. The van der Waals surface area contributed by atoms with E-state index in [1.165, 1.54) is 50.3 Å². The van der Waals surface area contributed by atoms with Gasteiger partial charge in [-0.1, -0.05) is 12.1 Å². The largest absolute Gasteiger partial charge is 0.504 e. The highest BCUT2D eigenvalue weighted by Crippen LogP contribution is 2.50. The van der Waals surface area contributed by atoms with Gasteiger partial charge in [0.25, 0.3) is 0 Å². The van der Waals surface area contributed by atoms with Gasteiger partial charge in [0.1, 0.15) is 67.6 Å². The molecule has 0 spiro atoms. The Balaban J connectivity index is 1.15. The first-order valence-corrected chi connectivity index (χ1v) is 22.1. The van der Waals surface area contributed by atoms with E-state index in [-0.39, 0.29) is 42.8 Å². The number of phenolic OH excluding ortho intramolecular Hbond substituents is 4. The lowest BCUT2D eigenvalue weighted by atomic mass is 9.81. The van der Waals surface area contributed by atoms with Gasteiger partial charge in [0.05, 0.1) is 42.7 Å². The molecule has 13 N–H and O–H groups in total. The minimum Gasteiger partial charge on any atom is -0.504 e. The van der Waals surface area contributed by atoms with Crippen molar-refractivity contribution < 1.29 is 119 Å². The predicted molar refractivity (Wildman–Crippen MR) is 226 cm³/mol. The van der Waals surface area contributed by atoms with Crippen molar-refractivity contribution >= 4 is 18.0 Å². The van der Waals surface area contributed by atoms with E-state index >= 15 is 0 Å². The first kappa shape index (κ1) is 52.1. The predicted octanol–water partition coefficient (Wildman–Crippen LogP) is -2.63. The van der Waals surface area contributed by atoms with Gasteiger partial charge in [-0.2, -0.15) is 0 Å². The van der Waals surface area contributed by atoms with E-state index in [1.807, 2.05) is 0 Å². The minimum absolute atomic E-state index is 0.0786. The fourth-order valence-electron chi connectivity index (χ4n) is 8.98. The number of carbonyl (C=O) groups is 2. The number of aliphatic hydroxyl groups excluding tert-OH is 8. The molecule has 69 heavy (non-hydrogen) atoms. The van der Waals surface area contributed by atoms with E-state index in [2.05, 4.69) is 0 Å². The topological polar surface area (TPSA) is 380 Å². The van der Waals surface area contributed by atoms with Crippen molar-refractivity contribution in [1.82, 2.24) is 0 Å². The molecule has 4 heterocycles. The van der Waals surface area contributed by atoms with Crippen molar-refractivity contribution in [2.45, 2.75) is 137 Å². The summed E-state index contributed by atoms with van der Waals surface area (Å²) < 4.78 is 52.4. The highest BCUT2D eigenvalue weighted by Gasteiger charge is 2.57. The fraction of sp³-hybridized carbons (Fsp3) is 0.600. The molecule has 0 amide bonds. The smallest absolute Gasteiger partial charge is 0.337 e. The number of rotatable bonds is 15. The Morgan fingerprint density at radius 3 is 2.07 bits per heavy atom. The van der Waals surface area contributed by atoms with Gasteiger partial charge >= 0.3 is 11.9 Å². The molecule has 382 valence electrons. The van der Waals surface area contributed by atoms with Crippen LogP contribution in [0.3, 0.4) is 0 Å². The molecule has 3 saturated heterocycles. The molecule has 0 radical (unpaired) electrons. The van der Waals surface area contributed by atoms with Gasteiger partial charge in [-0.3, -0.25) is 0 Å². The van der Waals surface area contributed by atoms with Gasteiger partial charge in [0.15, 0.2) is 48.0 Å². The molecule has 4 fully saturated rings. The van der Waals surface area contributed by atoms with Crippen molar-refractivity contribution in [3.05, 3.63) is 65.4 Å². The molecule has 1 saturated carbocycles. The molecule has 19 unspecified atom stereocenters. The second kappa shape index (κ2) is 21.7. The number of fused-ring (bicyclic) bond motifs is 1. The van der Waals surface area contributed by atoms with Crippen LogP contribution >= 0.6 is 0 Å². The van der Waals surface area contributed by atoms with Gasteiger partial charge < -0.3 is 109 Å². The second-order valence-corrected chi connectivity index (χ2v) is 17.8. The summed E-state index contributed by atoms with van der Waals surface area (Å²) in [5.74, 6) is -5.70. The van der Waals surface area contributed by atoms with Crippen LogP contribution in [0.25, 0.3) is 6.08 Å². The lowest BCUT2D eigenvalue weighted by Crippen LogP contribution is -2.65. The monoisotopic (exact) mass is 982 g/mol. The van der Waals surface area contributed by atoms with Gasteiger partial charge in [0, 0.05) is 12.0 Å². The molecule has 19 atom stereocenters. The molecule has 7 rings (SSSR count). The average Bonchev–Trinajstić information content (AvgIpc) is 3.65. The molecule has 2 aromatic rings. The van der Waals surface area contributed by atoms with Crippen LogP contribution in [0, 0.1) is 11.8 Å². The Labute approximate surface area is 393 Å². The number of ether oxygens (including phenoxy) is 9. The SMILES string of the molecule is CC1OC(OC2C(O)C(OCCc3ccc(O)c(O)c3)OC(COC(=O)C3=COC(OC4OC(CO)C(O)C(O)C4O)C4C3CCC4(C)O)C2OC(=O)C=Cc2ccc(O)c(O)c2)C(O)C(O)C1O. The Kier molecular flexibility index (Phi) is 16.4. The highest BCUT2D eigenvalue weighted by atomic mass is 16.8. The number of aromatic hydroxyl groups is 4. The van der Waals surface area contributed by atoms with Crippen molar-refractivity contribution in [1.29, 1.82) is 0 Å². The van der Waals surface area contributed by atoms with Crippen molar-refractivity contribution in [2.75, 3.05) is 19.8 Å². The standard InChI is InChI=1S/C45H58O24/c1-18-31(52)33(54)35(56)43(64-18)68-39-37(58)42(61-12-10-20-4-7-24(48)26(50)14-20)66-28(38(39)67-29(51)8-5-19-3-6-23(47)25(49)13-19)17-62-40(59)22-16-63-41(30-21(22)9-11-45(30,2)60)69-44-36(57)34(55)32(53)27(15-46)65-44/h3-8,13-14,16,18,21,27-28,30-39,41-44,46-50,52-58,60H,9-12,15,17H2,1-2H3. The fourth-order valence-corrected chi connectivity index (χ4v) is 8.98. The second-order valence-electron chi connectivity index (χ2n) is 17.8. The number of carbonyl (C=O) groups excluding carboxylic acids is 2. The summed E-state index contributed by atoms with van der Waals surface area (Å²) >= 11 is 0. The van der Waals surface area contributed by atoms with Crippen LogP contribution in [-0.2, 0) is 58.6 Å². The molecule has 0 aromatic heterocycles. The van der Waals surface area contributed by atoms with Gasteiger partial charge in [-0.25, -0.2) is 9.59 Å². The summed E-state index contributed by atoms with van der Waals surface area (Å²) in [4.78, 5) is 27.7. The van der Waals surface area contributed by atoms with Gasteiger partial charge in [-0.15, -0.1) is 0 Å². The zero-order valence-corrected chi connectivity index (χ0v) is 37.1. The van der Waals surface area contributed by atoms with Crippen LogP contribution in [0.4, 0.5) is 0 Å². The zero-order valence-electron chi connectivity index (χ0n) is 37.1. The molecule has 24 heteroatoms. The lowest BCUT2D eigenvalue weighted by Gasteiger charge is -2.46. The molecule has 4 aliphatic heterocycles. The number of hydrogen-bond acceptors (Lipinski definition) is 24. The number of esters is 2. The van der Waals surface area contributed by atoms with E-state index in [0.717, 1.165) is 18.4 Å². The van der Waals surface area contributed by atoms with Crippen LogP contribution in [0.1, 0.15) is 37.8 Å². The van der Waals surface area contributed by atoms with Crippen molar-refractivity contribution in [3.8, 4) is 23.0 Å². The minimum atomic E-state index is -1.93. The summed E-state index contributed by atoms with van der Waals surface area (Å²) in [6.07, 6.45) is -23.1. The molecule has 24 nitrogen and oxygen atoms in total. The van der Waals surface area contributed by atoms with E-state index in [9.17, 15) is 76.0 Å². The zero-order chi connectivity index (χ0) is 50.1. The molecule has 1 aliphatic carbocycles. The van der Waals surface area contributed by atoms with Gasteiger partial charge in [-0.05, 0) is 74.6 Å². The van der Waals surface area contributed by atoms with Crippen molar-refractivity contribution in [3.63, 3.8) is 0 Å². The van der Waals surface area contributed by atoms with Gasteiger partial charge in [0.2, 0.25) is 6.29 Å². The number of phenols is 4. The van der Waals surface area contributed by atoms with Crippen LogP contribution in [0.2, 0.25) is 0 Å². The molecule has 0 bridgehead atoms. The maximum absolute atomic E-state index is 14.1. The van der Waals surface area contributed by atoms with E-state index in [1.54, 1.807) is 0 Å². The van der Waals surface area contributed by atoms with E-state index in [0.29, 0.717) is 5.56 Å². The third kappa shape index (κ3) is 11.4. The molecular weight excluding hydrogens is 924 g/mol. The Morgan fingerprint density at radius 1 is 0.739 bits per heavy atom. The van der Waals surface area contributed by atoms with E-state index in [4.69, 9.17) is 42.6 Å². The maximum atomic E-state index is 14.1. The Morgan fingerprint density at radius 2 is 1.39 bits per heavy atom. The van der Waals surface area contributed by atoms with Crippen LogP contribution in [0.15, 0.2) is 54.3 Å². The average molecular weight is 983 g/mol. The Bertz CT molecular complexity index is 2160. The normalized spacial score (nSPS) is 39.0. The third-order valence-electron chi connectivity index (χ3n) is 13.0. The van der Waals surface area contributed by atoms with E-state index < -0.39 is 158 Å². The quantitative estimate of drug-likeness (QED) is 0.0493. The highest BCUT2D eigenvalue weighted by molar-refractivity contribution is 5.89. The molecular formula is C45H58O24. The maximum Gasteiger partial charge on any atom is 0.337 e.